The lowest BCUT2D eigenvalue weighted by molar-refractivity contribution is 0.196. The maximum Gasteiger partial charge on any atom is 0.243 e. The summed E-state index contributed by atoms with van der Waals surface area (Å²) in [7, 11) is -3.70. The van der Waals surface area contributed by atoms with E-state index in [0.717, 1.165) is 18.9 Å². The molecule has 0 amide bonds. The standard InChI is InChI=1S/C14H20ClFN2O2S/c1-14(2)3-5-18(6-4-14)21(19,20)11-7-10(9-17)13(15)12(16)8-11/h7-8H,3-6,9,17H2,1-2H3. The molecule has 0 aliphatic carbocycles. The summed E-state index contributed by atoms with van der Waals surface area (Å²) >= 11 is 5.78. The van der Waals surface area contributed by atoms with E-state index in [4.69, 9.17) is 17.3 Å². The van der Waals surface area contributed by atoms with Gasteiger partial charge in [0.2, 0.25) is 10.0 Å². The molecule has 1 aromatic carbocycles. The fraction of sp³-hybridized carbons (Fsp3) is 0.571. The van der Waals surface area contributed by atoms with Crippen molar-refractivity contribution in [2.45, 2.75) is 38.1 Å². The van der Waals surface area contributed by atoms with Gasteiger partial charge >= 0.3 is 0 Å². The predicted molar refractivity (Wildman–Crippen MR) is 81.1 cm³/mol. The van der Waals surface area contributed by atoms with Crippen molar-refractivity contribution in [2.24, 2.45) is 11.1 Å². The Balaban J connectivity index is 2.35. The van der Waals surface area contributed by atoms with Gasteiger partial charge in [-0.1, -0.05) is 25.4 Å². The van der Waals surface area contributed by atoms with E-state index in [1.807, 2.05) is 0 Å². The second-order valence-corrected chi connectivity index (χ2v) is 8.47. The van der Waals surface area contributed by atoms with Crippen molar-refractivity contribution in [3.63, 3.8) is 0 Å². The topological polar surface area (TPSA) is 63.4 Å². The first-order valence-corrected chi connectivity index (χ1v) is 8.67. The van der Waals surface area contributed by atoms with E-state index in [-0.39, 0.29) is 21.9 Å². The Bertz CT molecular complexity index is 637. The highest BCUT2D eigenvalue weighted by Crippen LogP contribution is 2.33. The third kappa shape index (κ3) is 3.39. The number of nitrogens with two attached hydrogens (primary N) is 1. The van der Waals surface area contributed by atoms with Crippen molar-refractivity contribution in [1.29, 1.82) is 0 Å². The Morgan fingerprint density at radius 3 is 2.43 bits per heavy atom. The van der Waals surface area contributed by atoms with E-state index >= 15 is 0 Å². The zero-order valence-electron chi connectivity index (χ0n) is 12.2. The van der Waals surface area contributed by atoms with Crippen LogP contribution in [-0.4, -0.2) is 25.8 Å². The van der Waals surface area contributed by atoms with Crippen LogP contribution in [-0.2, 0) is 16.6 Å². The molecule has 2 rings (SSSR count). The summed E-state index contributed by atoms with van der Waals surface area (Å²) in [6, 6.07) is 2.33. The van der Waals surface area contributed by atoms with Crippen LogP contribution in [0.2, 0.25) is 5.02 Å². The smallest absolute Gasteiger partial charge is 0.243 e. The van der Waals surface area contributed by atoms with Gasteiger partial charge in [0.15, 0.2) is 0 Å². The minimum absolute atomic E-state index is 0.00779. The zero-order chi connectivity index (χ0) is 15.8. The van der Waals surface area contributed by atoms with E-state index in [2.05, 4.69) is 13.8 Å². The van der Waals surface area contributed by atoms with Crippen LogP contribution in [0.25, 0.3) is 0 Å². The molecule has 1 aliphatic rings. The first-order chi connectivity index (χ1) is 9.67. The highest BCUT2D eigenvalue weighted by atomic mass is 35.5. The van der Waals surface area contributed by atoms with Crippen LogP contribution in [0.4, 0.5) is 4.39 Å². The summed E-state index contributed by atoms with van der Waals surface area (Å²) in [4.78, 5) is -0.0791. The van der Waals surface area contributed by atoms with Crippen LogP contribution in [0.5, 0.6) is 0 Å². The number of piperidine rings is 1. The molecular weight excluding hydrogens is 315 g/mol. The van der Waals surface area contributed by atoms with Gasteiger partial charge in [-0.2, -0.15) is 4.31 Å². The van der Waals surface area contributed by atoms with Gasteiger partial charge in [0.05, 0.1) is 9.92 Å². The molecule has 0 spiro atoms. The molecule has 1 aromatic rings. The van der Waals surface area contributed by atoms with Gasteiger partial charge in [-0.05, 0) is 36.0 Å². The summed E-state index contributed by atoms with van der Waals surface area (Å²) in [5.41, 5.74) is 5.92. The fourth-order valence-corrected chi connectivity index (χ4v) is 4.09. The second kappa shape index (κ2) is 5.83. The average molecular weight is 335 g/mol. The molecule has 0 aromatic heterocycles. The van der Waals surface area contributed by atoms with Crippen LogP contribution in [0.1, 0.15) is 32.3 Å². The first kappa shape index (κ1) is 16.7. The molecule has 118 valence electrons. The fourth-order valence-electron chi connectivity index (χ4n) is 2.40. The van der Waals surface area contributed by atoms with Crippen molar-refractivity contribution >= 4 is 21.6 Å². The van der Waals surface area contributed by atoms with Gasteiger partial charge in [-0.25, -0.2) is 12.8 Å². The normalized spacial score (nSPS) is 19.7. The summed E-state index contributed by atoms with van der Waals surface area (Å²) in [6.45, 7) is 5.11. The van der Waals surface area contributed by atoms with Crippen LogP contribution < -0.4 is 5.73 Å². The van der Waals surface area contributed by atoms with Gasteiger partial charge in [0.1, 0.15) is 5.82 Å². The van der Waals surface area contributed by atoms with Gasteiger partial charge in [0.25, 0.3) is 0 Å². The summed E-state index contributed by atoms with van der Waals surface area (Å²) in [5.74, 6) is -0.754. The Hall–Kier alpha value is -0.690. The zero-order valence-corrected chi connectivity index (χ0v) is 13.8. The Labute approximate surface area is 130 Å². The van der Waals surface area contributed by atoms with Crippen molar-refractivity contribution in [1.82, 2.24) is 4.31 Å². The SMILES string of the molecule is CC1(C)CCN(S(=O)(=O)c2cc(F)c(Cl)c(CN)c2)CC1. The van der Waals surface area contributed by atoms with E-state index in [1.165, 1.54) is 10.4 Å². The van der Waals surface area contributed by atoms with E-state index < -0.39 is 15.8 Å². The third-order valence-corrected chi connectivity index (χ3v) is 6.31. The van der Waals surface area contributed by atoms with E-state index in [1.54, 1.807) is 0 Å². The maximum atomic E-state index is 13.8. The van der Waals surface area contributed by atoms with Crippen molar-refractivity contribution < 1.29 is 12.8 Å². The molecule has 0 bridgehead atoms. The van der Waals surface area contributed by atoms with Crippen LogP contribution in [0.15, 0.2) is 17.0 Å². The van der Waals surface area contributed by atoms with Crippen molar-refractivity contribution in [3.8, 4) is 0 Å². The third-order valence-electron chi connectivity index (χ3n) is 4.01. The Kier molecular flexibility index (Phi) is 4.63. The lowest BCUT2D eigenvalue weighted by Crippen LogP contribution is -2.41. The number of nitrogens with zero attached hydrogens (tertiary/aromatic N) is 1. The molecule has 21 heavy (non-hydrogen) atoms. The monoisotopic (exact) mass is 334 g/mol. The molecule has 1 saturated heterocycles. The quantitative estimate of drug-likeness (QED) is 0.924. The lowest BCUT2D eigenvalue weighted by atomic mass is 9.83. The Morgan fingerprint density at radius 2 is 1.90 bits per heavy atom. The average Bonchev–Trinajstić information content (AvgIpc) is 2.41. The maximum absolute atomic E-state index is 13.8. The van der Waals surface area contributed by atoms with Crippen molar-refractivity contribution in [2.75, 3.05) is 13.1 Å². The molecule has 0 saturated carbocycles. The molecule has 1 fully saturated rings. The number of rotatable bonds is 3. The minimum Gasteiger partial charge on any atom is -0.326 e. The molecule has 1 aliphatic heterocycles. The molecule has 0 atom stereocenters. The lowest BCUT2D eigenvalue weighted by Gasteiger charge is -2.36. The number of halogens is 2. The summed E-state index contributed by atoms with van der Waals surface area (Å²) in [6.07, 6.45) is 1.57. The minimum atomic E-state index is -3.70. The number of sulfonamides is 1. The van der Waals surface area contributed by atoms with E-state index in [0.29, 0.717) is 18.7 Å². The van der Waals surface area contributed by atoms with Crippen LogP contribution in [0.3, 0.4) is 0 Å². The molecule has 2 N–H and O–H groups in total. The molecule has 1 heterocycles. The highest BCUT2D eigenvalue weighted by Gasteiger charge is 2.33. The number of hydrogen-bond donors (Lipinski definition) is 1. The highest BCUT2D eigenvalue weighted by molar-refractivity contribution is 7.89. The molecule has 0 unspecified atom stereocenters. The largest absolute Gasteiger partial charge is 0.326 e. The Morgan fingerprint density at radius 1 is 1.33 bits per heavy atom. The second-order valence-electron chi connectivity index (χ2n) is 6.15. The summed E-state index contributed by atoms with van der Waals surface area (Å²) in [5, 5.41) is -0.115. The predicted octanol–water partition coefficient (Wildman–Crippen LogP) is 2.75. The molecule has 0 radical (unpaired) electrons. The molecular formula is C14H20ClFN2O2S. The van der Waals surface area contributed by atoms with E-state index in [9.17, 15) is 12.8 Å². The van der Waals surface area contributed by atoms with Gasteiger partial charge in [-0.15, -0.1) is 0 Å². The summed E-state index contributed by atoms with van der Waals surface area (Å²) < 4.78 is 40.4. The van der Waals surface area contributed by atoms with Gasteiger partial charge in [-0.3, -0.25) is 0 Å². The number of hydrogen-bond acceptors (Lipinski definition) is 3. The van der Waals surface area contributed by atoms with Crippen LogP contribution >= 0.6 is 11.6 Å². The van der Waals surface area contributed by atoms with Crippen LogP contribution in [0, 0.1) is 11.2 Å². The van der Waals surface area contributed by atoms with Gasteiger partial charge < -0.3 is 5.73 Å². The van der Waals surface area contributed by atoms with Gasteiger partial charge in [0, 0.05) is 19.6 Å². The molecule has 4 nitrogen and oxygen atoms in total. The number of benzene rings is 1. The molecule has 7 heteroatoms. The first-order valence-electron chi connectivity index (χ1n) is 6.85. The van der Waals surface area contributed by atoms with Crippen molar-refractivity contribution in [3.05, 3.63) is 28.5 Å².